The lowest BCUT2D eigenvalue weighted by Crippen LogP contribution is -2.04. The third-order valence-corrected chi connectivity index (χ3v) is 3.97. The molecule has 0 radical (unpaired) electrons. The molecule has 4 heteroatoms. The third kappa shape index (κ3) is 2.48. The standard InChI is InChI=1S/C18H20N4/c1-4-10-22-14(3)13(2)16-12-20-21-18(17(16)22)19-11-15-8-6-5-7-9-15/h4-10,12H,11H2,1-3H3,(H,19,21)/b10-4-. The van der Waals surface area contributed by atoms with Crippen LogP contribution in [0.4, 0.5) is 5.82 Å². The number of nitrogens with zero attached hydrogens (tertiary/aromatic N) is 3. The fourth-order valence-electron chi connectivity index (χ4n) is 2.68. The van der Waals surface area contributed by atoms with E-state index in [2.05, 4.69) is 52.3 Å². The van der Waals surface area contributed by atoms with Crippen LogP contribution in [0.15, 0.2) is 42.6 Å². The van der Waals surface area contributed by atoms with Crippen molar-refractivity contribution in [2.45, 2.75) is 27.3 Å². The fraction of sp³-hybridized carbons (Fsp3) is 0.222. The molecule has 0 aliphatic heterocycles. The van der Waals surface area contributed by atoms with Crippen molar-refractivity contribution in [2.75, 3.05) is 5.32 Å². The molecule has 1 N–H and O–H groups in total. The largest absolute Gasteiger partial charge is 0.363 e. The Morgan fingerprint density at radius 3 is 2.68 bits per heavy atom. The van der Waals surface area contributed by atoms with Crippen molar-refractivity contribution in [2.24, 2.45) is 0 Å². The van der Waals surface area contributed by atoms with Crippen LogP contribution in [0.5, 0.6) is 0 Å². The number of hydrogen-bond acceptors (Lipinski definition) is 3. The molecule has 4 nitrogen and oxygen atoms in total. The Labute approximate surface area is 130 Å². The quantitative estimate of drug-likeness (QED) is 0.785. The molecule has 22 heavy (non-hydrogen) atoms. The average molecular weight is 292 g/mol. The zero-order valence-electron chi connectivity index (χ0n) is 13.2. The van der Waals surface area contributed by atoms with Crippen molar-refractivity contribution in [3.05, 3.63) is 59.4 Å². The molecule has 0 atom stereocenters. The lowest BCUT2D eigenvalue weighted by molar-refractivity contribution is 1.00. The van der Waals surface area contributed by atoms with Crippen LogP contribution in [0, 0.1) is 13.8 Å². The fourth-order valence-corrected chi connectivity index (χ4v) is 2.68. The minimum absolute atomic E-state index is 0.730. The predicted molar refractivity (Wildman–Crippen MR) is 91.8 cm³/mol. The highest BCUT2D eigenvalue weighted by Gasteiger charge is 2.14. The molecule has 0 saturated heterocycles. The van der Waals surface area contributed by atoms with E-state index in [1.54, 1.807) is 0 Å². The van der Waals surface area contributed by atoms with Crippen molar-refractivity contribution in [3.8, 4) is 0 Å². The predicted octanol–water partition coefficient (Wildman–Crippen LogP) is 4.15. The molecule has 1 aromatic carbocycles. The summed E-state index contributed by atoms with van der Waals surface area (Å²) in [4.78, 5) is 0. The molecule has 2 heterocycles. The van der Waals surface area contributed by atoms with Gasteiger partial charge < -0.3 is 9.88 Å². The van der Waals surface area contributed by atoms with Gasteiger partial charge in [0.05, 0.1) is 11.7 Å². The van der Waals surface area contributed by atoms with E-state index in [9.17, 15) is 0 Å². The van der Waals surface area contributed by atoms with Gasteiger partial charge in [0, 0.05) is 23.8 Å². The summed E-state index contributed by atoms with van der Waals surface area (Å²) in [5.74, 6) is 0.815. The maximum atomic E-state index is 4.30. The van der Waals surface area contributed by atoms with E-state index >= 15 is 0 Å². The first kappa shape index (κ1) is 14.3. The van der Waals surface area contributed by atoms with E-state index in [0.29, 0.717) is 0 Å². The highest BCUT2D eigenvalue weighted by atomic mass is 15.2. The van der Waals surface area contributed by atoms with Gasteiger partial charge in [0.2, 0.25) is 0 Å². The first-order valence-electron chi connectivity index (χ1n) is 7.45. The SMILES string of the molecule is C/C=C\n1c(C)c(C)c2cnnc(NCc3ccccc3)c21. The molecular weight excluding hydrogens is 272 g/mol. The van der Waals surface area contributed by atoms with Gasteiger partial charge in [-0.25, -0.2) is 0 Å². The van der Waals surface area contributed by atoms with Gasteiger partial charge in [-0.05, 0) is 31.9 Å². The van der Waals surface area contributed by atoms with Crippen LogP contribution in [0.3, 0.4) is 0 Å². The Morgan fingerprint density at radius 1 is 1.18 bits per heavy atom. The topological polar surface area (TPSA) is 42.7 Å². The van der Waals surface area contributed by atoms with E-state index in [4.69, 9.17) is 0 Å². The number of rotatable bonds is 4. The van der Waals surface area contributed by atoms with Crippen LogP contribution in [-0.2, 0) is 6.54 Å². The van der Waals surface area contributed by atoms with Crippen LogP contribution in [-0.4, -0.2) is 14.8 Å². The number of allylic oxidation sites excluding steroid dienone is 1. The van der Waals surface area contributed by atoms with Crippen LogP contribution in [0.2, 0.25) is 0 Å². The molecule has 3 rings (SSSR count). The second-order valence-corrected chi connectivity index (χ2v) is 5.36. The van der Waals surface area contributed by atoms with Gasteiger partial charge in [0.1, 0.15) is 0 Å². The van der Waals surface area contributed by atoms with Crippen LogP contribution in [0.1, 0.15) is 23.7 Å². The van der Waals surface area contributed by atoms with Crippen LogP contribution >= 0.6 is 0 Å². The molecule has 0 spiro atoms. The number of anilines is 1. The number of benzene rings is 1. The second kappa shape index (κ2) is 6.02. The average Bonchev–Trinajstić information content (AvgIpc) is 2.80. The molecule has 0 aliphatic carbocycles. The molecule has 0 bridgehead atoms. The van der Waals surface area contributed by atoms with E-state index in [0.717, 1.165) is 23.3 Å². The summed E-state index contributed by atoms with van der Waals surface area (Å²) >= 11 is 0. The minimum Gasteiger partial charge on any atom is -0.363 e. The Morgan fingerprint density at radius 2 is 1.95 bits per heavy atom. The van der Waals surface area contributed by atoms with Crippen molar-refractivity contribution >= 4 is 22.9 Å². The molecule has 3 aromatic rings. The molecule has 2 aromatic heterocycles. The summed E-state index contributed by atoms with van der Waals surface area (Å²) in [7, 11) is 0. The summed E-state index contributed by atoms with van der Waals surface area (Å²) in [6.45, 7) is 7.00. The summed E-state index contributed by atoms with van der Waals surface area (Å²) in [5, 5.41) is 13.0. The maximum absolute atomic E-state index is 4.30. The highest BCUT2D eigenvalue weighted by molar-refractivity contribution is 5.94. The summed E-state index contributed by atoms with van der Waals surface area (Å²) in [5.41, 5.74) is 4.76. The Kier molecular flexibility index (Phi) is 3.92. The Hall–Kier alpha value is -2.62. The first-order chi connectivity index (χ1) is 10.7. The molecular formula is C18H20N4. The summed E-state index contributed by atoms with van der Waals surface area (Å²) < 4.78 is 2.17. The highest BCUT2D eigenvalue weighted by Crippen LogP contribution is 2.29. The summed E-state index contributed by atoms with van der Waals surface area (Å²) in [6, 6.07) is 10.3. The van der Waals surface area contributed by atoms with Gasteiger partial charge in [-0.15, -0.1) is 5.10 Å². The summed E-state index contributed by atoms with van der Waals surface area (Å²) in [6.07, 6.45) is 5.94. The Bertz CT molecular complexity index is 816. The van der Waals surface area contributed by atoms with Gasteiger partial charge in [-0.1, -0.05) is 36.4 Å². The smallest absolute Gasteiger partial charge is 0.173 e. The molecule has 0 fully saturated rings. The van der Waals surface area contributed by atoms with Gasteiger partial charge >= 0.3 is 0 Å². The van der Waals surface area contributed by atoms with Crippen molar-refractivity contribution in [1.82, 2.24) is 14.8 Å². The van der Waals surface area contributed by atoms with E-state index < -0.39 is 0 Å². The normalized spacial score (nSPS) is 11.4. The Balaban J connectivity index is 2.04. The van der Waals surface area contributed by atoms with E-state index in [1.165, 1.54) is 16.8 Å². The first-order valence-corrected chi connectivity index (χ1v) is 7.45. The van der Waals surface area contributed by atoms with Crippen molar-refractivity contribution in [3.63, 3.8) is 0 Å². The molecule has 0 saturated carbocycles. The van der Waals surface area contributed by atoms with Gasteiger partial charge in [0.25, 0.3) is 0 Å². The lowest BCUT2D eigenvalue weighted by Gasteiger charge is -2.08. The zero-order valence-corrected chi connectivity index (χ0v) is 13.2. The lowest BCUT2D eigenvalue weighted by atomic mass is 10.2. The van der Waals surface area contributed by atoms with E-state index in [-0.39, 0.29) is 0 Å². The molecule has 0 aliphatic rings. The van der Waals surface area contributed by atoms with Crippen molar-refractivity contribution < 1.29 is 0 Å². The molecule has 0 amide bonds. The minimum atomic E-state index is 0.730. The van der Waals surface area contributed by atoms with Crippen molar-refractivity contribution in [1.29, 1.82) is 0 Å². The maximum Gasteiger partial charge on any atom is 0.173 e. The van der Waals surface area contributed by atoms with Gasteiger partial charge in [0.15, 0.2) is 5.82 Å². The number of fused-ring (bicyclic) bond motifs is 1. The third-order valence-electron chi connectivity index (χ3n) is 3.97. The second-order valence-electron chi connectivity index (χ2n) is 5.36. The van der Waals surface area contributed by atoms with Crippen LogP contribution in [0.25, 0.3) is 17.1 Å². The number of aryl methyl sites for hydroxylation is 1. The number of aromatic nitrogens is 3. The van der Waals surface area contributed by atoms with Gasteiger partial charge in [-0.3, -0.25) is 0 Å². The monoisotopic (exact) mass is 292 g/mol. The molecule has 112 valence electrons. The van der Waals surface area contributed by atoms with E-state index in [1.807, 2.05) is 37.4 Å². The zero-order chi connectivity index (χ0) is 15.5. The molecule has 0 unspecified atom stereocenters. The van der Waals surface area contributed by atoms with Gasteiger partial charge in [-0.2, -0.15) is 5.10 Å². The van der Waals surface area contributed by atoms with Crippen LogP contribution < -0.4 is 5.32 Å². The number of hydrogen-bond donors (Lipinski definition) is 1. The number of nitrogens with one attached hydrogen (secondary N) is 1.